The number of amides is 1. The lowest BCUT2D eigenvalue weighted by Crippen LogP contribution is -2.42. The van der Waals surface area contributed by atoms with Gasteiger partial charge in [0.05, 0.1) is 5.56 Å². The average molecular weight is 369 g/mol. The lowest BCUT2D eigenvalue weighted by atomic mass is 10.1. The zero-order valence-electron chi connectivity index (χ0n) is 13.5. The maximum atomic E-state index is 13.6. The molecule has 1 saturated heterocycles. The van der Waals surface area contributed by atoms with Gasteiger partial charge in [0, 0.05) is 37.7 Å². The van der Waals surface area contributed by atoms with E-state index in [1.165, 1.54) is 6.07 Å². The maximum Gasteiger partial charge on any atom is 0.255 e. The summed E-state index contributed by atoms with van der Waals surface area (Å²) in [5.41, 5.74) is 6.78. The van der Waals surface area contributed by atoms with Crippen molar-refractivity contribution in [2.45, 2.75) is 18.9 Å². The Morgan fingerprint density at radius 1 is 1.12 bits per heavy atom. The van der Waals surface area contributed by atoms with Gasteiger partial charge in [0.15, 0.2) is 11.6 Å². The second kappa shape index (κ2) is 8.16. The zero-order chi connectivity index (χ0) is 17.1. The van der Waals surface area contributed by atoms with E-state index in [1.54, 1.807) is 29.2 Å². The molecular weight excluding hydrogens is 350 g/mol. The third-order valence-electron chi connectivity index (χ3n) is 4.11. The molecule has 2 aromatic rings. The number of piperidine rings is 1. The van der Waals surface area contributed by atoms with Crippen molar-refractivity contribution in [3.05, 3.63) is 59.7 Å². The number of rotatable bonds is 3. The first-order chi connectivity index (χ1) is 11.5. The number of halogens is 3. The number of nitrogens with zero attached hydrogens (tertiary/aromatic N) is 1. The summed E-state index contributed by atoms with van der Waals surface area (Å²) in [6.45, 7) is 1.00. The molecule has 2 aromatic carbocycles. The molecule has 1 fully saturated rings. The van der Waals surface area contributed by atoms with Crippen LogP contribution in [0.3, 0.4) is 0 Å². The number of carbonyl (C=O) groups is 1. The number of likely N-dealkylation sites (tertiary alicyclic amines) is 1. The van der Waals surface area contributed by atoms with Gasteiger partial charge in [-0.25, -0.2) is 8.78 Å². The lowest BCUT2D eigenvalue weighted by Gasteiger charge is -2.32. The molecule has 0 unspecified atom stereocenters. The second-order valence-corrected chi connectivity index (χ2v) is 5.77. The minimum Gasteiger partial charge on any atom is -0.487 e. The molecule has 0 bridgehead atoms. The number of carbonyl (C=O) groups excluding carboxylic acids is 1. The molecule has 1 aliphatic heterocycles. The smallest absolute Gasteiger partial charge is 0.255 e. The first-order valence-electron chi connectivity index (χ1n) is 7.80. The van der Waals surface area contributed by atoms with Gasteiger partial charge in [0.2, 0.25) is 0 Å². The molecule has 0 radical (unpaired) electrons. The number of ether oxygens (including phenoxy) is 1. The number of hydrogen-bond acceptors (Lipinski definition) is 3. The van der Waals surface area contributed by atoms with Gasteiger partial charge in [-0.2, -0.15) is 0 Å². The maximum absolute atomic E-state index is 13.6. The molecule has 1 heterocycles. The normalized spacial score (nSPS) is 14.7. The largest absolute Gasteiger partial charge is 0.487 e. The molecule has 134 valence electrons. The summed E-state index contributed by atoms with van der Waals surface area (Å²) in [7, 11) is 0. The highest BCUT2D eigenvalue weighted by molar-refractivity contribution is 5.99. The van der Waals surface area contributed by atoms with Gasteiger partial charge in [-0.3, -0.25) is 4.79 Å². The van der Waals surface area contributed by atoms with Crippen LogP contribution in [0.2, 0.25) is 0 Å². The van der Waals surface area contributed by atoms with E-state index in [-0.39, 0.29) is 30.2 Å². The fraction of sp³-hybridized carbons (Fsp3) is 0.278. The summed E-state index contributed by atoms with van der Waals surface area (Å²) >= 11 is 0. The minimum absolute atomic E-state index is 0. The minimum atomic E-state index is -0.717. The van der Waals surface area contributed by atoms with Crippen molar-refractivity contribution in [3.8, 4) is 5.75 Å². The van der Waals surface area contributed by atoms with Gasteiger partial charge in [-0.15, -0.1) is 12.4 Å². The van der Waals surface area contributed by atoms with E-state index in [1.807, 2.05) is 0 Å². The van der Waals surface area contributed by atoms with E-state index in [0.717, 1.165) is 12.1 Å². The van der Waals surface area contributed by atoms with Crippen LogP contribution in [0.25, 0.3) is 0 Å². The molecule has 25 heavy (non-hydrogen) atoms. The lowest BCUT2D eigenvalue weighted by molar-refractivity contribution is 0.0589. The average Bonchev–Trinajstić information content (AvgIpc) is 2.58. The summed E-state index contributed by atoms with van der Waals surface area (Å²) in [6, 6.07) is 10.2. The van der Waals surface area contributed by atoms with Gasteiger partial charge in [-0.1, -0.05) is 12.1 Å². The van der Waals surface area contributed by atoms with Crippen molar-refractivity contribution < 1.29 is 18.3 Å². The van der Waals surface area contributed by atoms with Gasteiger partial charge in [0.1, 0.15) is 11.9 Å². The molecular formula is C18H19ClF2N2O2. The van der Waals surface area contributed by atoms with Crippen LogP contribution in [0.4, 0.5) is 14.5 Å². The Labute approximate surface area is 151 Å². The molecule has 4 nitrogen and oxygen atoms in total. The van der Waals surface area contributed by atoms with Gasteiger partial charge in [0.25, 0.3) is 5.91 Å². The van der Waals surface area contributed by atoms with Crippen LogP contribution in [0.15, 0.2) is 42.5 Å². The predicted molar refractivity (Wildman–Crippen MR) is 94.0 cm³/mol. The predicted octanol–water partition coefficient (Wildman–Crippen LogP) is 3.65. The molecule has 0 aromatic heterocycles. The standard InChI is InChI=1S/C18H18F2N2O2.ClH/c19-12-5-6-17(15(20)11-12)24-13-7-9-22(10-8-13)18(23)14-3-1-2-4-16(14)21;/h1-6,11,13H,7-10,21H2;1H. The first kappa shape index (κ1) is 19.0. The Bertz CT molecular complexity index is 750. The number of benzene rings is 2. The number of anilines is 1. The Kier molecular flexibility index (Phi) is 6.20. The molecule has 0 saturated carbocycles. The van der Waals surface area contributed by atoms with Gasteiger partial charge in [-0.05, 0) is 24.3 Å². The Morgan fingerprint density at radius 2 is 1.80 bits per heavy atom. The number of hydrogen-bond donors (Lipinski definition) is 1. The molecule has 3 rings (SSSR count). The highest BCUT2D eigenvalue weighted by atomic mass is 35.5. The Hall–Kier alpha value is -2.34. The van der Waals surface area contributed by atoms with E-state index < -0.39 is 11.6 Å². The molecule has 1 aliphatic rings. The summed E-state index contributed by atoms with van der Waals surface area (Å²) in [5, 5.41) is 0. The summed E-state index contributed by atoms with van der Waals surface area (Å²) in [4.78, 5) is 14.2. The van der Waals surface area contributed by atoms with E-state index in [0.29, 0.717) is 37.2 Å². The van der Waals surface area contributed by atoms with Crippen LogP contribution in [-0.2, 0) is 0 Å². The molecule has 1 amide bonds. The number of para-hydroxylation sites is 1. The second-order valence-electron chi connectivity index (χ2n) is 5.77. The molecule has 7 heteroatoms. The van der Waals surface area contributed by atoms with Crippen LogP contribution in [0, 0.1) is 11.6 Å². The van der Waals surface area contributed by atoms with Crippen molar-refractivity contribution in [1.82, 2.24) is 4.90 Å². The van der Waals surface area contributed by atoms with E-state index >= 15 is 0 Å². The first-order valence-corrected chi connectivity index (χ1v) is 7.80. The van der Waals surface area contributed by atoms with Crippen LogP contribution in [-0.4, -0.2) is 30.0 Å². The van der Waals surface area contributed by atoms with E-state index in [4.69, 9.17) is 10.5 Å². The Morgan fingerprint density at radius 3 is 2.44 bits per heavy atom. The summed E-state index contributed by atoms with van der Waals surface area (Å²) in [6.07, 6.45) is 0.951. The van der Waals surface area contributed by atoms with Crippen molar-refractivity contribution in [2.24, 2.45) is 0 Å². The third kappa shape index (κ3) is 4.39. The summed E-state index contributed by atoms with van der Waals surface area (Å²) in [5.74, 6) is -1.43. The molecule has 0 spiro atoms. The fourth-order valence-electron chi connectivity index (χ4n) is 2.79. The van der Waals surface area contributed by atoms with E-state index in [2.05, 4.69) is 0 Å². The van der Waals surface area contributed by atoms with Crippen molar-refractivity contribution >= 4 is 24.0 Å². The Balaban J connectivity index is 0.00000225. The monoisotopic (exact) mass is 368 g/mol. The van der Waals surface area contributed by atoms with Crippen molar-refractivity contribution in [2.75, 3.05) is 18.8 Å². The van der Waals surface area contributed by atoms with Crippen LogP contribution in [0.1, 0.15) is 23.2 Å². The van der Waals surface area contributed by atoms with Crippen LogP contribution in [0.5, 0.6) is 5.75 Å². The number of nitrogens with two attached hydrogens (primary N) is 1. The molecule has 2 N–H and O–H groups in total. The number of nitrogen functional groups attached to an aromatic ring is 1. The molecule has 0 atom stereocenters. The molecule has 0 aliphatic carbocycles. The van der Waals surface area contributed by atoms with Crippen molar-refractivity contribution in [3.63, 3.8) is 0 Å². The van der Waals surface area contributed by atoms with Crippen molar-refractivity contribution in [1.29, 1.82) is 0 Å². The fourth-order valence-corrected chi connectivity index (χ4v) is 2.79. The topological polar surface area (TPSA) is 55.6 Å². The summed E-state index contributed by atoms with van der Waals surface area (Å²) < 4.78 is 32.1. The highest BCUT2D eigenvalue weighted by Crippen LogP contribution is 2.24. The third-order valence-corrected chi connectivity index (χ3v) is 4.11. The van der Waals surface area contributed by atoms with Gasteiger partial charge < -0.3 is 15.4 Å². The SMILES string of the molecule is Cl.Nc1ccccc1C(=O)N1CCC(Oc2ccc(F)cc2F)CC1. The quantitative estimate of drug-likeness (QED) is 0.841. The zero-order valence-corrected chi connectivity index (χ0v) is 14.3. The van der Waals surface area contributed by atoms with Gasteiger partial charge >= 0.3 is 0 Å². The van der Waals surface area contributed by atoms with E-state index in [9.17, 15) is 13.6 Å². The highest BCUT2D eigenvalue weighted by Gasteiger charge is 2.26. The van der Waals surface area contributed by atoms with Crippen LogP contribution >= 0.6 is 12.4 Å². The van der Waals surface area contributed by atoms with Crippen LogP contribution < -0.4 is 10.5 Å².